The third kappa shape index (κ3) is 7.83. The zero-order valence-electron chi connectivity index (χ0n) is 24.1. The number of aromatic nitrogens is 1. The summed E-state index contributed by atoms with van der Waals surface area (Å²) in [5.74, 6) is 0.736. The number of carboxylic acid groups (broad SMARTS) is 1. The van der Waals surface area contributed by atoms with E-state index in [0.717, 1.165) is 47.3 Å². The van der Waals surface area contributed by atoms with E-state index in [1.165, 1.54) is 12.1 Å². The molecular weight excluding hydrogens is 558 g/mol. The Morgan fingerprint density at radius 3 is 2.43 bits per heavy atom. The van der Waals surface area contributed by atoms with Crippen molar-refractivity contribution in [1.82, 2.24) is 10.3 Å². The predicted octanol–water partition coefficient (Wildman–Crippen LogP) is 6.22. The van der Waals surface area contributed by atoms with Crippen LogP contribution in [0.4, 0.5) is 10.5 Å². The molecule has 9 heteroatoms. The first-order chi connectivity index (χ1) is 21.4. The van der Waals surface area contributed by atoms with Crippen molar-refractivity contribution in [2.45, 2.75) is 31.9 Å². The standard InChI is InChI=1S/C35H35N3O6/c39-31-17-15-28(29-16-18-33(41)38-34(29)31)32(40)22-36-21-24-9-12-26(13-10-24)44-19-5-4-6-23-11-14-27(25-7-2-1-3-8-25)30(20-23)37-35(42)43/h1-3,7-18,20,32,36-37,39-40H,4-6,19,21-22H2,(H,38,41)(H,42,43). The van der Waals surface area contributed by atoms with E-state index in [1.807, 2.05) is 72.8 Å². The summed E-state index contributed by atoms with van der Waals surface area (Å²) in [7, 11) is 0. The third-order valence-electron chi connectivity index (χ3n) is 7.39. The number of aliphatic hydroxyl groups is 1. The van der Waals surface area contributed by atoms with Gasteiger partial charge in [0.05, 0.1) is 23.9 Å². The highest BCUT2D eigenvalue weighted by atomic mass is 16.5. The van der Waals surface area contributed by atoms with Crippen LogP contribution in [0.3, 0.4) is 0 Å². The van der Waals surface area contributed by atoms with Gasteiger partial charge in [0.25, 0.3) is 0 Å². The number of phenols is 1. The van der Waals surface area contributed by atoms with Crippen LogP contribution < -0.4 is 20.9 Å². The fraction of sp³-hybridized carbons (Fsp3) is 0.200. The fourth-order valence-electron chi connectivity index (χ4n) is 5.17. The number of hydrogen-bond donors (Lipinski definition) is 6. The maximum absolute atomic E-state index is 11.6. The number of phenolic OH excluding ortho intramolecular Hbond substituents is 1. The number of carbonyl (C=O) groups is 1. The number of amides is 1. The molecule has 0 saturated carbocycles. The molecule has 0 aliphatic heterocycles. The van der Waals surface area contributed by atoms with Gasteiger partial charge in [0.2, 0.25) is 5.56 Å². The number of pyridine rings is 1. The maximum Gasteiger partial charge on any atom is 0.409 e. The molecule has 0 aliphatic rings. The van der Waals surface area contributed by atoms with Gasteiger partial charge < -0.3 is 30.4 Å². The molecule has 5 aromatic rings. The van der Waals surface area contributed by atoms with Crippen molar-refractivity contribution in [3.05, 3.63) is 124 Å². The number of unbranched alkanes of at least 4 members (excludes halogenated alkanes) is 1. The number of nitrogens with one attached hydrogen (secondary N) is 3. The molecule has 1 aromatic heterocycles. The Balaban J connectivity index is 1.06. The van der Waals surface area contributed by atoms with E-state index in [9.17, 15) is 24.9 Å². The molecule has 0 saturated heterocycles. The Bertz CT molecular complexity index is 1770. The summed E-state index contributed by atoms with van der Waals surface area (Å²) in [6, 6.07) is 29.5. The average molecular weight is 594 g/mol. The fourth-order valence-corrected chi connectivity index (χ4v) is 5.17. The minimum absolute atomic E-state index is 0.0399. The number of H-pyrrole nitrogens is 1. The summed E-state index contributed by atoms with van der Waals surface area (Å²) in [6.45, 7) is 1.41. The zero-order valence-corrected chi connectivity index (χ0v) is 24.1. The molecule has 0 aliphatic carbocycles. The van der Waals surface area contributed by atoms with Crippen molar-refractivity contribution in [3.8, 4) is 22.6 Å². The molecule has 1 atom stereocenters. The summed E-state index contributed by atoms with van der Waals surface area (Å²) < 4.78 is 5.92. The van der Waals surface area contributed by atoms with E-state index in [0.29, 0.717) is 41.9 Å². The van der Waals surface area contributed by atoms with Crippen LogP contribution in [0.1, 0.15) is 35.6 Å². The van der Waals surface area contributed by atoms with Crippen LogP contribution >= 0.6 is 0 Å². The summed E-state index contributed by atoms with van der Waals surface area (Å²) in [5, 5.41) is 36.5. The first-order valence-corrected chi connectivity index (χ1v) is 14.5. The van der Waals surface area contributed by atoms with E-state index in [4.69, 9.17) is 4.74 Å². The number of benzene rings is 4. The normalized spacial score (nSPS) is 11.8. The van der Waals surface area contributed by atoms with Crippen molar-refractivity contribution in [2.75, 3.05) is 18.5 Å². The van der Waals surface area contributed by atoms with Gasteiger partial charge in [0, 0.05) is 30.1 Å². The Morgan fingerprint density at radius 1 is 0.886 bits per heavy atom. The Kier molecular flexibility index (Phi) is 9.91. The minimum Gasteiger partial charge on any atom is -0.506 e. The molecule has 1 heterocycles. The van der Waals surface area contributed by atoms with E-state index in [1.54, 1.807) is 12.1 Å². The predicted molar refractivity (Wildman–Crippen MR) is 171 cm³/mol. The highest BCUT2D eigenvalue weighted by Gasteiger charge is 2.14. The lowest BCUT2D eigenvalue weighted by Crippen LogP contribution is -2.21. The van der Waals surface area contributed by atoms with Crippen LogP contribution in [0.5, 0.6) is 11.5 Å². The largest absolute Gasteiger partial charge is 0.506 e. The number of aryl methyl sites for hydroxylation is 1. The third-order valence-corrected chi connectivity index (χ3v) is 7.39. The minimum atomic E-state index is -1.09. The lowest BCUT2D eigenvalue weighted by molar-refractivity contribution is 0.176. The van der Waals surface area contributed by atoms with Crippen LogP contribution in [0.25, 0.3) is 22.0 Å². The molecular formula is C35H35N3O6. The maximum atomic E-state index is 11.6. The quantitative estimate of drug-likeness (QED) is 0.0890. The lowest BCUT2D eigenvalue weighted by atomic mass is 9.99. The second kappa shape index (κ2) is 14.4. The van der Waals surface area contributed by atoms with Gasteiger partial charge in [0.15, 0.2) is 0 Å². The van der Waals surface area contributed by atoms with Crippen LogP contribution in [0.2, 0.25) is 0 Å². The molecule has 1 unspecified atom stereocenters. The van der Waals surface area contributed by atoms with Crippen LogP contribution in [0.15, 0.2) is 102 Å². The Labute approximate surface area is 254 Å². The lowest BCUT2D eigenvalue weighted by Gasteiger charge is -2.15. The molecule has 44 heavy (non-hydrogen) atoms. The van der Waals surface area contributed by atoms with Crippen LogP contribution in [-0.4, -0.2) is 39.5 Å². The number of anilines is 1. The van der Waals surface area contributed by atoms with E-state index in [-0.39, 0.29) is 11.3 Å². The first kappa shape index (κ1) is 30.3. The molecule has 0 fully saturated rings. The molecule has 0 radical (unpaired) electrons. The van der Waals surface area contributed by atoms with Gasteiger partial charge in [-0.3, -0.25) is 10.1 Å². The Hall–Kier alpha value is -5.12. The summed E-state index contributed by atoms with van der Waals surface area (Å²) in [6.07, 6.45) is 0.640. The zero-order chi connectivity index (χ0) is 30.9. The van der Waals surface area contributed by atoms with Gasteiger partial charge in [-0.1, -0.05) is 60.7 Å². The van der Waals surface area contributed by atoms with Crippen molar-refractivity contribution < 1.29 is 24.9 Å². The molecule has 6 N–H and O–H groups in total. The van der Waals surface area contributed by atoms with Gasteiger partial charge in [-0.2, -0.15) is 0 Å². The monoisotopic (exact) mass is 593 g/mol. The molecule has 5 rings (SSSR count). The number of aliphatic hydroxyl groups excluding tert-OH is 1. The van der Waals surface area contributed by atoms with Crippen LogP contribution in [-0.2, 0) is 13.0 Å². The molecule has 226 valence electrons. The highest BCUT2D eigenvalue weighted by molar-refractivity contribution is 5.91. The van der Waals surface area contributed by atoms with Crippen molar-refractivity contribution in [2.24, 2.45) is 0 Å². The number of aromatic amines is 1. The molecule has 4 aromatic carbocycles. The number of rotatable bonds is 13. The van der Waals surface area contributed by atoms with E-state index < -0.39 is 12.2 Å². The number of hydrogen-bond acceptors (Lipinski definition) is 6. The van der Waals surface area contributed by atoms with Crippen molar-refractivity contribution in [1.29, 1.82) is 0 Å². The number of ether oxygens (including phenoxy) is 1. The number of aromatic hydroxyl groups is 1. The Morgan fingerprint density at radius 2 is 1.66 bits per heavy atom. The molecule has 1 amide bonds. The topological polar surface area (TPSA) is 144 Å². The number of fused-ring (bicyclic) bond motifs is 1. The summed E-state index contributed by atoms with van der Waals surface area (Å²) >= 11 is 0. The van der Waals surface area contributed by atoms with Crippen molar-refractivity contribution >= 4 is 22.7 Å². The van der Waals surface area contributed by atoms with Gasteiger partial charge in [-0.15, -0.1) is 0 Å². The van der Waals surface area contributed by atoms with E-state index in [2.05, 4.69) is 15.6 Å². The first-order valence-electron chi connectivity index (χ1n) is 14.5. The van der Waals surface area contributed by atoms with E-state index >= 15 is 0 Å². The summed E-state index contributed by atoms with van der Waals surface area (Å²) in [5.41, 5.74) is 5.08. The van der Waals surface area contributed by atoms with Crippen molar-refractivity contribution in [3.63, 3.8) is 0 Å². The SMILES string of the molecule is O=C(O)Nc1cc(CCCCOc2ccc(CNCC(O)c3ccc(O)c4[nH]c(=O)ccc34)cc2)ccc1-c1ccccc1. The molecule has 9 nitrogen and oxygen atoms in total. The molecule has 0 bridgehead atoms. The molecule has 0 spiro atoms. The highest BCUT2D eigenvalue weighted by Crippen LogP contribution is 2.30. The van der Waals surface area contributed by atoms with Gasteiger partial charge >= 0.3 is 6.09 Å². The van der Waals surface area contributed by atoms with Gasteiger partial charge in [0.1, 0.15) is 11.5 Å². The second-order valence-corrected chi connectivity index (χ2v) is 10.6. The van der Waals surface area contributed by atoms with Gasteiger partial charge in [-0.25, -0.2) is 4.79 Å². The summed E-state index contributed by atoms with van der Waals surface area (Å²) in [4.78, 5) is 25.6. The van der Waals surface area contributed by atoms with Gasteiger partial charge in [-0.05, 0) is 71.8 Å². The second-order valence-electron chi connectivity index (χ2n) is 10.6. The smallest absolute Gasteiger partial charge is 0.409 e. The average Bonchev–Trinajstić information content (AvgIpc) is 3.02. The van der Waals surface area contributed by atoms with Crippen LogP contribution in [0, 0.1) is 0 Å².